The first-order chi connectivity index (χ1) is 13.3. The lowest BCUT2D eigenvalue weighted by Crippen LogP contribution is -2.43. The van der Waals surface area contributed by atoms with Gasteiger partial charge in [0.15, 0.2) is 5.78 Å². The van der Waals surface area contributed by atoms with Crippen molar-refractivity contribution in [1.29, 1.82) is 0 Å². The monoisotopic (exact) mass is 420 g/mol. The van der Waals surface area contributed by atoms with Crippen LogP contribution in [0.25, 0.3) is 0 Å². The second kappa shape index (κ2) is 7.81. The molecule has 3 amide bonds. The van der Waals surface area contributed by atoms with Crippen LogP contribution in [0, 0.1) is 0 Å². The number of halogens is 2. The van der Waals surface area contributed by atoms with E-state index < -0.39 is 23.3 Å². The zero-order valence-corrected chi connectivity index (χ0v) is 16.8. The van der Waals surface area contributed by atoms with Crippen LogP contribution in [-0.2, 0) is 10.3 Å². The van der Waals surface area contributed by atoms with Gasteiger partial charge >= 0.3 is 6.03 Å². The summed E-state index contributed by atoms with van der Waals surface area (Å²) < 4.78 is 5.07. The number of ketones is 1. The van der Waals surface area contributed by atoms with E-state index in [1.165, 1.54) is 19.2 Å². The minimum atomic E-state index is -1.22. The van der Waals surface area contributed by atoms with Crippen LogP contribution in [0.5, 0.6) is 5.75 Å². The molecule has 2 aromatic carbocycles. The third-order valence-corrected chi connectivity index (χ3v) is 5.37. The number of urea groups is 1. The van der Waals surface area contributed by atoms with Crippen molar-refractivity contribution in [2.45, 2.75) is 18.9 Å². The molecule has 0 aromatic heterocycles. The topological polar surface area (TPSA) is 75.7 Å². The van der Waals surface area contributed by atoms with Crippen molar-refractivity contribution in [2.75, 3.05) is 13.7 Å². The number of Topliss-reactive ketones (excluding diaryl/α,β-unsaturated/α-hetero) is 1. The first kappa shape index (κ1) is 20.2. The zero-order chi connectivity index (χ0) is 20.5. The van der Waals surface area contributed by atoms with Crippen molar-refractivity contribution in [3.05, 3.63) is 63.6 Å². The molecule has 1 N–H and O–H groups in total. The minimum absolute atomic E-state index is 0.273. The fourth-order valence-corrected chi connectivity index (χ4v) is 3.60. The molecule has 0 spiro atoms. The van der Waals surface area contributed by atoms with Crippen molar-refractivity contribution in [3.63, 3.8) is 0 Å². The van der Waals surface area contributed by atoms with Crippen LogP contribution in [-0.4, -0.2) is 36.3 Å². The number of amides is 3. The van der Waals surface area contributed by atoms with Gasteiger partial charge in [-0.05, 0) is 42.3 Å². The number of carbonyl (C=O) groups is 3. The van der Waals surface area contributed by atoms with Gasteiger partial charge in [-0.2, -0.15) is 0 Å². The highest BCUT2D eigenvalue weighted by Gasteiger charge is 2.51. The van der Waals surface area contributed by atoms with Gasteiger partial charge in [-0.3, -0.25) is 14.5 Å². The summed E-state index contributed by atoms with van der Waals surface area (Å²) in [4.78, 5) is 39.2. The maximum atomic E-state index is 13.1. The number of ether oxygens (including phenoxy) is 1. The molecule has 1 atom stereocenters. The summed E-state index contributed by atoms with van der Waals surface area (Å²) in [6, 6.07) is 10.6. The van der Waals surface area contributed by atoms with Crippen molar-refractivity contribution >= 4 is 40.9 Å². The number of methoxy groups -OCH3 is 1. The Morgan fingerprint density at radius 3 is 2.39 bits per heavy atom. The SMILES string of the molecule is CCC1(c2ccc(Cl)cc2)NC(=O)N(CC(=O)c2ccc(OC)c(Cl)c2)C1=O. The minimum Gasteiger partial charge on any atom is -0.495 e. The maximum absolute atomic E-state index is 13.1. The zero-order valence-electron chi connectivity index (χ0n) is 15.3. The molecular weight excluding hydrogens is 403 g/mol. The molecule has 0 saturated carbocycles. The number of carbonyl (C=O) groups excluding carboxylic acids is 3. The van der Waals surface area contributed by atoms with Gasteiger partial charge in [0.2, 0.25) is 0 Å². The molecule has 1 saturated heterocycles. The standard InChI is InChI=1S/C20H18Cl2N2O4/c1-3-20(13-5-7-14(21)8-6-13)18(26)24(19(27)23-20)11-16(25)12-4-9-17(28-2)15(22)10-12/h4-10H,3,11H2,1-2H3,(H,23,27). The fraction of sp³-hybridized carbons (Fsp3) is 0.250. The number of hydrogen-bond acceptors (Lipinski definition) is 4. The van der Waals surface area contributed by atoms with Crippen LogP contribution >= 0.6 is 23.2 Å². The smallest absolute Gasteiger partial charge is 0.325 e. The van der Waals surface area contributed by atoms with Gasteiger partial charge in [0.1, 0.15) is 11.3 Å². The van der Waals surface area contributed by atoms with E-state index in [9.17, 15) is 14.4 Å². The summed E-state index contributed by atoms with van der Waals surface area (Å²) in [7, 11) is 1.47. The number of hydrogen-bond donors (Lipinski definition) is 1. The molecule has 6 nitrogen and oxygen atoms in total. The van der Waals surface area contributed by atoms with Crippen LogP contribution in [0.4, 0.5) is 4.79 Å². The Hall–Kier alpha value is -2.57. The average molecular weight is 421 g/mol. The molecule has 146 valence electrons. The predicted octanol–water partition coefficient (Wildman–Crippen LogP) is 4.04. The summed E-state index contributed by atoms with van der Waals surface area (Å²) in [6.45, 7) is 1.41. The first-order valence-electron chi connectivity index (χ1n) is 8.59. The quantitative estimate of drug-likeness (QED) is 0.564. The van der Waals surface area contributed by atoms with Gasteiger partial charge in [-0.25, -0.2) is 4.79 Å². The lowest BCUT2D eigenvalue weighted by molar-refractivity contribution is -0.131. The highest BCUT2D eigenvalue weighted by atomic mass is 35.5. The second-order valence-electron chi connectivity index (χ2n) is 6.36. The van der Waals surface area contributed by atoms with Gasteiger partial charge in [0.25, 0.3) is 5.91 Å². The molecule has 0 aliphatic carbocycles. The van der Waals surface area contributed by atoms with E-state index >= 15 is 0 Å². The van der Waals surface area contributed by atoms with Crippen LogP contribution in [0.3, 0.4) is 0 Å². The molecule has 2 aromatic rings. The second-order valence-corrected chi connectivity index (χ2v) is 7.20. The molecular formula is C20H18Cl2N2O4. The number of nitrogens with one attached hydrogen (secondary N) is 1. The van der Waals surface area contributed by atoms with E-state index in [4.69, 9.17) is 27.9 Å². The Bertz CT molecular complexity index is 946. The van der Waals surface area contributed by atoms with E-state index in [0.717, 1.165) is 4.90 Å². The number of benzene rings is 2. The number of rotatable bonds is 6. The Morgan fingerprint density at radius 1 is 1.14 bits per heavy atom. The summed E-state index contributed by atoms with van der Waals surface area (Å²) in [6.07, 6.45) is 0.332. The maximum Gasteiger partial charge on any atom is 0.325 e. The number of imide groups is 1. The van der Waals surface area contributed by atoms with E-state index in [1.54, 1.807) is 37.3 Å². The third kappa shape index (κ3) is 3.45. The molecule has 0 radical (unpaired) electrons. The first-order valence-corrected chi connectivity index (χ1v) is 9.35. The molecule has 3 rings (SSSR count). The van der Waals surface area contributed by atoms with E-state index in [-0.39, 0.29) is 17.1 Å². The summed E-state index contributed by atoms with van der Waals surface area (Å²) >= 11 is 12.0. The molecule has 1 heterocycles. The lowest BCUT2D eigenvalue weighted by atomic mass is 9.87. The molecule has 1 aliphatic rings. The summed E-state index contributed by atoms with van der Waals surface area (Å²) in [5.41, 5.74) is -0.327. The van der Waals surface area contributed by atoms with E-state index in [1.807, 2.05) is 0 Å². The van der Waals surface area contributed by atoms with Crippen molar-refractivity contribution in [2.24, 2.45) is 0 Å². The van der Waals surface area contributed by atoms with Gasteiger partial charge in [0.05, 0.1) is 18.7 Å². The number of nitrogens with zero attached hydrogens (tertiary/aromatic N) is 1. The Kier molecular flexibility index (Phi) is 5.63. The molecule has 1 unspecified atom stereocenters. The molecule has 1 fully saturated rings. The van der Waals surface area contributed by atoms with Gasteiger partial charge < -0.3 is 10.1 Å². The molecule has 1 aliphatic heterocycles. The van der Waals surface area contributed by atoms with E-state index in [0.29, 0.717) is 22.8 Å². The third-order valence-electron chi connectivity index (χ3n) is 4.82. The predicted molar refractivity (Wildman–Crippen MR) is 106 cm³/mol. The molecule has 8 heteroatoms. The Morgan fingerprint density at radius 2 is 1.82 bits per heavy atom. The highest BCUT2D eigenvalue weighted by molar-refractivity contribution is 6.32. The summed E-state index contributed by atoms with van der Waals surface area (Å²) in [5, 5.41) is 3.53. The van der Waals surface area contributed by atoms with Crippen LogP contribution in [0.2, 0.25) is 10.0 Å². The molecule has 0 bridgehead atoms. The normalized spacial score (nSPS) is 18.9. The lowest BCUT2D eigenvalue weighted by Gasteiger charge is -2.25. The van der Waals surface area contributed by atoms with Crippen LogP contribution in [0.1, 0.15) is 29.3 Å². The van der Waals surface area contributed by atoms with Gasteiger partial charge in [0, 0.05) is 10.6 Å². The summed E-state index contributed by atoms with van der Waals surface area (Å²) in [5.74, 6) is -0.452. The van der Waals surface area contributed by atoms with Gasteiger partial charge in [-0.1, -0.05) is 42.3 Å². The fourth-order valence-electron chi connectivity index (χ4n) is 3.22. The Labute approximate surface area is 172 Å². The van der Waals surface area contributed by atoms with Gasteiger partial charge in [-0.15, -0.1) is 0 Å². The van der Waals surface area contributed by atoms with Crippen molar-refractivity contribution in [1.82, 2.24) is 10.2 Å². The van der Waals surface area contributed by atoms with Crippen LogP contribution in [0.15, 0.2) is 42.5 Å². The average Bonchev–Trinajstić information content (AvgIpc) is 2.93. The highest BCUT2D eigenvalue weighted by Crippen LogP contribution is 2.33. The largest absolute Gasteiger partial charge is 0.495 e. The Balaban J connectivity index is 1.86. The van der Waals surface area contributed by atoms with Crippen molar-refractivity contribution in [3.8, 4) is 5.75 Å². The van der Waals surface area contributed by atoms with E-state index in [2.05, 4.69) is 5.32 Å². The molecule has 28 heavy (non-hydrogen) atoms. The van der Waals surface area contributed by atoms with Crippen LogP contribution < -0.4 is 10.1 Å². The van der Waals surface area contributed by atoms with Crippen molar-refractivity contribution < 1.29 is 19.1 Å².